The number of amides is 1. The highest BCUT2D eigenvalue weighted by molar-refractivity contribution is 6.62. The molecule has 0 aromatic heterocycles. The zero-order valence-corrected chi connectivity index (χ0v) is 14.7. The molecular formula is C17H21BF3NO3. The molecule has 1 N–H and O–H groups in total. The molecule has 0 unspecified atom stereocenters. The van der Waals surface area contributed by atoms with Crippen LogP contribution in [-0.4, -0.2) is 30.3 Å². The standard InChI is InChI=1S/C17H21BF3NO3/c1-15(2)16(3,4)25-18(24-15)13-9-10(14(23)22-11-6-7-11)5-8-12(13)17(19,20)21/h5,8-9,11H,6-7H2,1-4H3,(H,22,23). The van der Waals surface area contributed by atoms with E-state index in [2.05, 4.69) is 5.32 Å². The first kappa shape index (κ1) is 18.3. The van der Waals surface area contributed by atoms with Crippen molar-refractivity contribution in [3.8, 4) is 0 Å². The van der Waals surface area contributed by atoms with Gasteiger partial charge in [-0.1, -0.05) is 0 Å². The molecule has 1 aromatic rings. The maximum Gasteiger partial charge on any atom is 0.495 e. The Hall–Kier alpha value is -1.54. The first-order chi connectivity index (χ1) is 11.4. The van der Waals surface area contributed by atoms with E-state index in [1.807, 2.05) is 0 Å². The van der Waals surface area contributed by atoms with Crippen LogP contribution < -0.4 is 10.8 Å². The first-order valence-corrected chi connectivity index (χ1v) is 8.28. The van der Waals surface area contributed by atoms with Crippen LogP contribution in [0.3, 0.4) is 0 Å². The minimum Gasteiger partial charge on any atom is -0.399 e. The lowest BCUT2D eigenvalue weighted by atomic mass is 9.75. The lowest BCUT2D eigenvalue weighted by Gasteiger charge is -2.32. The summed E-state index contributed by atoms with van der Waals surface area (Å²) in [5.74, 6) is -0.381. The number of rotatable bonds is 3. The van der Waals surface area contributed by atoms with Crippen molar-refractivity contribution in [1.82, 2.24) is 5.32 Å². The van der Waals surface area contributed by atoms with Crippen LogP contribution in [-0.2, 0) is 15.5 Å². The summed E-state index contributed by atoms with van der Waals surface area (Å²) in [4.78, 5) is 12.2. The van der Waals surface area contributed by atoms with Gasteiger partial charge in [-0.3, -0.25) is 4.79 Å². The summed E-state index contributed by atoms with van der Waals surface area (Å²) < 4.78 is 51.8. The van der Waals surface area contributed by atoms with Crippen molar-refractivity contribution in [2.45, 2.75) is 64.0 Å². The molecule has 0 bridgehead atoms. The molecule has 1 aromatic carbocycles. The fourth-order valence-corrected chi connectivity index (χ4v) is 2.62. The van der Waals surface area contributed by atoms with Crippen LogP contribution in [0.1, 0.15) is 56.5 Å². The minimum atomic E-state index is -4.57. The number of carbonyl (C=O) groups is 1. The van der Waals surface area contributed by atoms with Gasteiger partial charge in [-0.2, -0.15) is 13.2 Å². The van der Waals surface area contributed by atoms with E-state index in [4.69, 9.17) is 9.31 Å². The molecule has 8 heteroatoms. The van der Waals surface area contributed by atoms with E-state index >= 15 is 0 Å². The van der Waals surface area contributed by atoms with E-state index in [1.54, 1.807) is 27.7 Å². The maximum absolute atomic E-state index is 13.4. The second-order valence-corrected chi connectivity index (χ2v) is 7.64. The summed E-state index contributed by atoms with van der Waals surface area (Å²) in [5, 5.41) is 2.78. The summed E-state index contributed by atoms with van der Waals surface area (Å²) in [6, 6.07) is 3.45. The van der Waals surface area contributed by atoms with E-state index in [1.165, 1.54) is 12.1 Å². The van der Waals surface area contributed by atoms with Crippen molar-refractivity contribution >= 4 is 18.5 Å². The Bertz CT molecular complexity index is 683. The summed E-state index contributed by atoms with van der Waals surface area (Å²) in [7, 11) is -1.18. The minimum absolute atomic E-state index is 0.120. The van der Waals surface area contributed by atoms with Crippen LogP contribution in [0, 0.1) is 0 Å². The Morgan fingerprint density at radius 3 is 2.20 bits per heavy atom. The third kappa shape index (κ3) is 3.55. The Morgan fingerprint density at radius 1 is 1.16 bits per heavy atom. The summed E-state index contributed by atoms with van der Waals surface area (Å²) >= 11 is 0. The Labute approximate surface area is 145 Å². The van der Waals surface area contributed by atoms with Gasteiger partial charge in [0.05, 0.1) is 16.8 Å². The average Bonchev–Trinajstić information content (AvgIpc) is 3.24. The monoisotopic (exact) mass is 355 g/mol. The number of benzene rings is 1. The van der Waals surface area contributed by atoms with Crippen molar-refractivity contribution in [3.63, 3.8) is 0 Å². The second-order valence-electron chi connectivity index (χ2n) is 7.64. The van der Waals surface area contributed by atoms with E-state index in [0.717, 1.165) is 18.9 Å². The molecular weight excluding hydrogens is 334 g/mol. The van der Waals surface area contributed by atoms with E-state index in [0.29, 0.717) is 0 Å². The van der Waals surface area contributed by atoms with Crippen molar-refractivity contribution in [1.29, 1.82) is 0 Å². The number of hydrogen-bond acceptors (Lipinski definition) is 3. The Morgan fingerprint density at radius 2 is 1.72 bits per heavy atom. The topological polar surface area (TPSA) is 47.6 Å². The van der Waals surface area contributed by atoms with Gasteiger partial charge in [0.1, 0.15) is 0 Å². The second kappa shape index (κ2) is 5.74. The van der Waals surface area contributed by atoms with Crippen molar-refractivity contribution in [2.24, 2.45) is 0 Å². The molecule has 0 atom stereocenters. The van der Waals surface area contributed by atoms with Crippen LogP contribution >= 0.6 is 0 Å². The van der Waals surface area contributed by atoms with Gasteiger partial charge in [0.2, 0.25) is 0 Å². The van der Waals surface area contributed by atoms with Crippen molar-refractivity contribution < 1.29 is 27.3 Å². The van der Waals surface area contributed by atoms with Crippen molar-refractivity contribution in [2.75, 3.05) is 0 Å². The quantitative estimate of drug-likeness (QED) is 0.849. The van der Waals surface area contributed by atoms with Gasteiger partial charge in [0.25, 0.3) is 5.91 Å². The van der Waals surface area contributed by atoms with Gasteiger partial charge in [-0.25, -0.2) is 0 Å². The molecule has 1 aliphatic heterocycles. The normalized spacial score (nSPS) is 22.1. The average molecular weight is 355 g/mol. The largest absolute Gasteiger partial charge is 0.495 e. The van der Waals surface area contributed by atoms with E-state index in [9.17, 15) is 18.0 Å². The van der Waals surface area contributed by atoms with E-state index < -0.39 is 30.1 Å². The molecule has 136 valence electrons. The van der Waals surface area contributed by atoms with E-state index in [-0.39, 0.29) is 23.0 Å². The fraction of sp³-hybridized carbons (Fsp3) is 0.588. The SMILES string of the molecule is CC1(C)OB(c2cc(C(=O)NC3CC3)ccc2C(F)(F)F)OC1(C)C. The fourth-order valence-electron chi connectivity index (χ4n) is 2.62. The lowest BCUT2D eigenvalue weighted by molar-refractivity contribution is -0.136. The maximum atomic E-state index is 13.4. The zero-order chi connectivity index (χ0) is 18.6. The third-order valence-corrected chi connectivity index (χ3v) is 5.04. The van der Waals surface area contributed by atoms with Gasteiger partial charge in [0, 0.05) is 11.6 Å². The van der Waals surface area contributed by atoms with Gasteiger partial charge in [-0.15, -0.1) is 0 Å². The molecule has 0 spiro atoms. The molecule has 2 aliphatic rings. The number of hydrogen-bond donors (Lipinski definition) is 1. The summed E-state index contributed by atoms with van der Waals surface area (Å²) in [6.07, 6.45) is -2.77. The van der Waals surface area contributed by atoms with Crippen molar-refractivity contribution in [3.05, 3.63) is 29.3 Å². The number of alkyl halides is 3. The lowest BCUT2D eigenvalue weighted by Crippen LogP contribution is -2.41. The summed E-state index contributed by atoms with van der Waals surface area (Å²) in [6.45, 7) is 7.07. The van der Waals surface area contributed by atoms with Crippen LogP contribution in [0.15, 0.2) is 18.2 Å². The molecule has 1 amide bonds. The van der Waals surface area contributed by atoms with Gasteiger partial charge in [-0.05, 0) is 64.2 Å². The highest BCUT2D eigenvalue weighted by Gasteiger charge is 2.53. The molecule has 1 heterocycles. The molecule has 1 saturated heterocycles. The molecule has 4 nitrogen and oxygen atoms in total. The molecule has 25 heavy (non-hydrogen) atoms. The number of carbonyl (C=O) groups excluding carboxylic acids is 1. The first-order valence-electron chi connectivity index (χ1n) is 8.28. The molecule has 1 aliphatic carbocycles. The summed E-state index contributed by atoms with van der Waals surface area (Å²) in [5.41, 5.74) is -2.40. The highest BCUT2D eigenvalue weighted by atomic mass is 19.4. The zero-order valence-electron chi connectivity index (χ0n) is 14.7. The van der Waals surface area contributed by atoms with Crippen LogP contribution in [0.5, 0.6) is 0 Å². The van der Waals surface area contributed by atoms with Gasteiger partial charge >= 0.3 is 13.3 Å². The molecule has 3 rings (SSSR count). The van der Waals surface area contributed by atoms with Gasteiger partial charge < -0.3 is 14.6 Å². The molecule has 2 fully saturated rings. The number of nitrogens with one attached hydrogen (secondary N) is 1. The van der Waals surface area contributed by atoms with Crippen LogP contribution in [0.2, 0.25) is 0 Å². The van der Waals surface area contributed by atoms with Crippen LogP contribution in [0.25, 0.3) is 0 Å². The molecule has 1 saturated carbocycles. The number of halogens is 3. The smallest absolute Gasteiger partial charge is 0.399 e. The van der Waals surface area contributed by atoms with Crippen LogP contribution in [0.4, 0.5) is 13.2 Å². The Kier molecular flexibility index (Phi) is 4.19. The Balaban J connectivity index is 1.98. The molecule has 0 radical (unpaired) electrons. The predicted molar refractivity (Wildman–Crippen MR) is 87.6 cm³/mol. The predicted octanol–water partition coefficient (Wildman–Crippen LogP) is 2.90. The highest BCUT2D eigenvalue weighted by Crippen LogP contribution is 2.38. The van der Waals surface area contributed by atoms with Gasteiger partial charge in [0.15, 0.2) is 0 Å². The third-order valence-electron chi connectivity index (χ3n) is 5.04.